The van der Waals surface area contributed by atoms with Gasteiger partial charge in [0.15, 0.2) is 0 Å². The summed E-state index contributed by atoms with van der Waals surface area (Å²) < 4.78 is 38.8. The van der Waals surface area contributed by atoms with Gasteiger partial charge >= 0.3 is 0 Å². The molecule has 1 saturated heterocycles. The maximum atomic E-state index is 13.2. The number of hydrogen-bond acceptors (Lipinski definition) is 1. The van der Waals surface area contributed by atoms with Gasteiger partial charge < -0.3 is 5.32 Å². The van der Waals surface area contributed by atoms with Crippen molar-refractivity contribution in [2.45, 2.75) is 18.6 Å². The summed E-state index contributed by atoms with van der Waals surface area (Å²) in [6.07, 6.45) is -0.761. The first-order valence-corrected chi connectivity index (χ1v) is 4.49. The van der Waals surface area contributed by atoms with Gasteiger partial charge in [-0.1, -0.05) is 0 Å². The van der Waals surface area contributed by atoms with Gasteiger partial charge in [0.2, 0.25) is 0 Å². The van der Waals surface area contributed by atoms with Gasteiger partial charge in [-0.25, -0.2) is 13.2 Å². The second kappa shape index (κ2) is 3.61. The maximum Gasteiger partial charge on any atom is 0.128 e. The second-order valence-corrected chi connectivity index (χ2v) is 3.46. The smallest absolute Gasteiger partial charge is 0.128 e. The van der Waals surface area contributed by atoms with E-state index in [4.69, 9.17) is 0 Å². The average Bonchev–Trinajstić information content (AvgIpc) is 2.56. The molecule has 0 amide bonds. The molecule has 0 spiro atoms. The van der Waals surface area contributed by atoms with Crippen LogP contribution in [0.5, 0.6) is 0 Å². The summed E-state index contributed by atoms with van der Waals surface area (Å²) >= 11 is 0. The quantitative estimate of drug-likeness (QED) is 0.735. The zero-order valence-corrected chi connectivity index (χ0v) is 7.43. The number of alkyl halides is 1. The van der Waals surface area contributed by atoms with E-state index < -0.39 is 23.8 Å². The Morgan fingerprint density at radius 1 is 1.29 bits per heavy atom. The lowest BCUT2D eigenvalue weighted by Gasteiger charge is -2.10. The van der Waals surface area contributed by atoms with E-state index in [9.17, 15) is 13.2 Å². The van der Waals surface area contributed by atoms with Crippen LogP contribution < -0.4 is 5.32 Å². The fourth-order valence-electron chi connectivity index (χ4n) is 1.71. The van der Waals surface area contributed by atoms with Crippen molar-refractivity contribution in [1.82, 2.24) is 5.32 Å². The molecule has 0 saturated carbocycles. The van der Waals surface area contributed by atoms with Gasteiger partial charge in [-0.2, -0.15) is 0 Å². The summed E-state index contributed by atoms with van der Waals surface area (Å²) in [6.45, 7) is 0.209. The van der Waals surface area contributed by atoms with Crippen LogP contribution in [0, 0.1) is 11.6 Å². The van der Waals surface area contributed by atoms with Crippen molar-refractivity contribution in [3.63, 3.8) is 0 Å². The third kappa shape index (κ3) is 1.75. The molecule has 2 rings (SSSR count). The third-order valence-electron chi connectivity index (χ3n) is 2.41. The summed E-state index contributed by atoms with van der Waals surface area (Å²) in [7, 11) is 0. The van der Waals surface area contributed by atoms with Gasteiger partial charge in [-0.3, -0.25) is 0 Å². The summed E-state index contributed by atoms with van der Waals surface area (Å²) in [5.74, 6) is -0.983. The van der Waals surface area contributed by atoms with E-state index in [0.29, 0.717) is 0 Å². The molecule has 1 aromatic carbocycles. The number of nitrogens with one attached hydrogen (secondary N) is 1. The highest BCUT2D eigenvalue weighted by atomic mass is 19.1. The lowest BCUT2D eigenvalue weighted by Crippen LogP contribution is -2.15. The van der Waals surface area contributed by atoms with E-state index >= 15 is 0 Å². The van der Waals surface area contributed by atoms with E-state index in [1.54, 1.807) is 0 Å². The van der Waals surface area contributed by atoms with Crippen molar-refractivity contribution in [2.75, 3.05) is 6.54 Å². The van der Waals surface area contributed by atoms with Crippen LogP contribution in [0.3, 0.4) is 0 Å². The lowest BCUT2D eigenvalue weighted by molar-refractivity contribution is 0.355. The van der Waals surface area contributed by atoms with E-state index in [-0.39, 0.29) is 18.5 Å². The molecule has 0 aromatic heterocycles. The van der Waals surface area contributed by atoms with Gasteiger partial charge in [0.25, 0.3) is 0 Å². The third-order valence-corrected chi connectivity index (χ3v) is 2.41. The predicted molar refractivity (Wildman–Crippen MR) is 46.6 cm³/mol. The van der Waals surface area contributed by atoms with Crippen LogP contribution in [0.1, 0.15) is 18.0 Å². The standard InChI is InChI=1S/C10H10F3N/c11-6-1-2-9(13)8(3-6)10-4-7(12)5-14-10/h1-3,7,10,14H,4-5H2/t7-,10-/m1/s1. The second-order valence-electron chi connectivity index (χ2n) is 3.46. The fourth-order valence-corrected chi connectivity index (χ4v) is 1.71. The highest BCUT2D eigenvalue weighted by Crippen LogP contribution is 2.27. The molecule has 1 aliphatic heterocycles. The van der Waals surface area contributed by atoms with Gasteiger partial charge in [0, 0.05) is 18.2 Å². The Hall–Kier alpha value is -1.03. The monoisotopic (exact) mass is 201 g/mol. The Labute approximate surface area is 79.9 Å². The van der Waals surface area contributed by atoms with Crippen molar-refractivity contribution in [1.29, 1.82) is 0 Å². The Morgan fingerprint density at radius 3 is 2.71 bits per heavy atom. The Kier molecular flexibility index (Phi) is 2.46. The molecule has 1 aliphatic rings. The first kappa shape index (κ1) is 9.52. The van der Waals surface area contributed by atoms with Gasteiger partial charge in [0.1, 0.15) is 17.8 Å². The first-order valence-electron chi connectivity index (χ1n) is 4.49. The molecule has 1 fully saturated rings. The van der Waals surface area contributed by atoms with Gasteiger partial charge in [-0.05, 0) is 24.6 Å². The first-order chi connectivity index (χ1) is 6.66. The predicted octanol–water partition coefficient (Wildman–Crippen LogP) is 2.34. The minimum Gasteiger partial charge on any atom is -0.307 e. The number of benzene rings is 1. The zero-order chi connectivity index (χ0) is 10.1. The van der Waals surface area contributed by atoms with Crippen molar-refractivity contribution in [2.24, 2.45) is 0 Å². The van der Waals surface area contributed by atoms with Gasteiger partial charge in [0.05, 0.1) is 0 Å². The van der Waals surface area contributed by atoms with Gasteiger partial charge in [-0.15, -0.1) is 0 Å². The topological polar surface area (TPSA) is 12.0 Å². The molecule has 76 valence electrons. The molecule has 1 N–H and O–H groups in total. The zero-order valence-electron chi connectivity index (χ0n) is 7.43. The summed E-state index contributed by atoms with van der Waals surface area (Å²) in [5, 5.41) is 2.81. The number of rotatable bonds is 1. The maximum absolute atomic E-state index is 13.2. The Morgan fingerprint density at radius 2 is 2.07 bits per heavy atom. The molecule has 0 bridgehead atoms. The van der Waals surface area contributed by atoms with Crippen molar-refractivity contribution >= 4 is 0 Å². The summed E-state index contributed by atoms with van der Waals surface area (Å²) in [4.78, 5) is 0. The molecule has 1 nitrogen and oxygen atoms in total. The number of hydrogen-bond donors (Lipinski definition) is 1. The minimum atomic E-state index is -0.970. The Bertz CT molecular complexity index is 340. The largest absolute Gasteiger partial charge is 0.307 e. The molecule has 0 radical (unpaired) electrons. The molecule has 0 aliphatic carbocycles. The van der Waals surface area contributed by atoms with Crippen molar-refractivity contribution in [3.05, 3.63) is 35.4 Å². The van der Waals surface area contributed by atoms with Crippen molar-refractivity contribution < 1.29 is 13.2 Å². The molecule has 1 aromatic rings. The normalized spacial score (nSPS) is 26.8. The average molecular weight is 201 g/mol. The highest BCUT2D eigenvalue weighted by molar-refractivity contribution is 5.23. The van der Waals surface area contributed by atoms with E-state index in [1.165, 1.54) is 0 Å². The van der Waals surface area contributed by atoms with Crippen molar-refractivity contribution in [3.8, 4) is 0 Å². The lowest BCUT2D eigenvalue weighted by atomic mass is 10.0. The minimum absolute atomic E-state index is 0.209. The molecule has 14 heavy (non-hydrogen) atoms. The molecule has 4 heteroatoms. The fraction of sp³-hybridized carbons (Fsp3) is 0.400. The van der Waals surface area contributed by atoms with Crippen LogP contribution >= 0.6 is 0 Å². The van der Waals surface area contributed by atoms with Crippen LogP contribution in [0.25, 0.3) is 0 Å². The highest BCUT2D eigenvalue weighted by Gasteiger charge is 2.26. The van der Waals surface area contributed by atoms with E-state index in [1.807, 2.05) is 0 Å². The molecular weight excluding hydrogens is 191 g/mol. The van der Waals surface area contributed by atoms with Crippen LogP contribution in [0.15, 0.2) is 18.2 Å². The molecule has 1 heterocycles. The SMILES string of the molecule is Fc1ccc(F)c([C@H]2C[C@@H](F)CN2)c1. The summed E-state index contributed by atoms with van der Waals surface area (Å²) in [5.41, 5.74) is 0.213. The molecule has 2 atom stereocenters. The number of halogens is 3. The molecule has 0 unspecified atom stereocenters. The van der Waals surface area contributed by atoms with E-state index in [2.05, 4.69) is 5.32 Å². The van der Waals surface area contributed by atoms with Crippen LogP contribution in [-0.4, -0.2) is 12.7 Å². The molecular formula is C10H10F3N. The van der Waals surface area contributed by atoms with E-state index in [0.717, 1.165) is 18.2 Å². The van der Waals surface area contributed by atoms with Crippen LogP contribution in [0.4, 0.5) is 13.2 Å². The summed E-state index contributed by atoms with van der Waals surface area (Å²) in [6, 6.07) is 2.84. The van der Waals surface area contributed by atoms with Crippen LogP contribution in [-0.2, 0) is 0 Å². The van der Waals surface area contributed by atoms with Crippen LogP contribution in [0.2, 0.25) is 0 Å². The Balaban J connectivity index is 2.27.